The number of guanidine groups is 1. The van der Waals surface area contributed by atoms with Crippen LogP contribution in [0.5, 0.6) is 0 Å². The maximum atomic E-state index is 11.9. The van der Waals surface area contributed by atoms with Crippen LogP contribution < -0.4 is 16.4 Å². The molecule has 0 fully saturated rings. The van der Waals surface area contributed by atoms with Crippen LogP contribution in [-0.2, 0) is 4.74 Å². The molecule has 24 heavy (non-hydrogen) atoms. The molecule has 0 heterocycles. The minimum atomic E-state index is -0.572. The summed E-state index contributed by atoms with van der Waals surface area (Å²) in [4.78, 5) is 16.2. The van der Waals surface area contributed by atoms with Gasteiger partial charge in [-0.3, -0.25) is 4.99 Å². The lowest BCUT2D eigenvalue weighted by Crippen LogP contribution is -2.48. The van der Waals surface area contributed by atoms with Gasteiger partial charge in [-0.2, -0.15) is 0 Å². The molecule has 0 aliphatic carbocycles. The van der Waals surface area contributed by atoms with E-state index in [0.717, 1.165) is 16.8 Å². The maximum Gasteiger partial charge on any atom is 0.408 e. The molecule has 6 heteroatoms. The quantitative estimate of drug-likeness (QED) is 0.582. The molecule has 1 aromatic carbocycles. The Morgan fingerprint density at radius 1 is 1.12 bits per heavy atom. The zero-order valence-electron chi connectivity index (χ0n) is 15.8. The number of anilines is 1. The van der Waals surface area contributed by atoms with Crippen molar-refractivity contribution in [3.63, 3.8) is 0 Å². The third-order valence-corrected chi connectivity index (χ3v) is 2.98. The van der Waals surface area contributed by atoms with Gasteiger partial charge in [0.05, 0.1) is 12.1 Å². The largest absolute Gasteiger partial charge is 0.444 e. The van der Waals surface area contributed by atoms with Crippen LogP contribution in [0.4, 0.5) is 10.5 Å². The molecular formula is C18H30N4O2. The molecule has 1 rings (SSSR count). The number of nitrogens with two attached hydrogens (primary N) is 1. The van der Waals surface area contributed by atoms with Gasteiger partial charge >= 0.3 is 6.09 Å². The minimum absolute atomic E-state index is 0.305. The van der Waals surface area contributed by atoms with Crippen molar-refractivity contribution in [2.75, 3.05) is 11.9 Å². The molecule has 0 aromatic heterocycles. The topological polar surface area (TPSA) is 88.7 Å². The van der Waals surface area contributed by atoms with E-state index < -0.39 is 17.2 Å². The smallest absolute Gasteiger partial charge is 0.408 e. The second-order valence-corrected chi connectivity index (χ2v) is 7.71. The Hall–Kier alpha value is -2.24. The molecule has 4 N–H and O–H groups in total. The van der Waals surface area contributed by atoms with Gasteiger partial charge < -0.3 is 21.1 Å². The SMILES string of the molecule is Cc1cc(C)cc(NC(N)=NCC(C)(C)NC(=O)OC(C)(C)C)c1. The fourth-order valence-electron chi connectivity index (χ4n) is 2.14. The average Bonchev–Trinajstić information content (AvgIpc) is 2.32. The van der Waals surface area contributed by atoms with E-state index in [4.69, 9.17) is 10.5 Å². The summed E-state index contributed by atoms with van der Waals surface area (Å²) < 4.78 is 5.26. The lowest BCUT2D eigenvalue weighted by atomic mass is 10.1. The number of carbonyl (C=O) groups is 1. The summed E-state index contributed by atoms with van der Waals surface area (Å²) in [7, 11) is 0. The number of nitrogens with one attached hydrogen (secondary N) is 2. The van der Waals surface area contributed by atoms with Crippen LogP contribution in [0.3, 0.4) is 0 Å². The predicted octanol–water partition coefficient (Wildman–Crippen LogP) is 3.33. The number of alkyl carbamates (subject to hydrolysis) is 1. The number of carbonyl (C=O) groups excluding carboxylic acids is 1. The van der Waals surface area contributed by atoms with E-state index >= 15 is 0 Å². The van der Waals surface area contributed by atoms with Crippen LogP contribution in [-0.4, -0.2) is 29.7 Å². The number of amides is 1. The van der Waals surface area contributed by atoms with Crippen molar-refractivity contribution in [1.29, 1.82) is 0 Å². The fraction of sp³-hybridized carbons (Fsp3) is 0.556. The first-order valence-electron chi connectivity index (χ1n) is 8.03. The van der Waals surface area contributed by atoms with Crippen molar-refractivity contribution in [3.8, 4) is 0 Å². The molecule has 0 radical (unpaired) electrons. The number of rotatable bonds is 4. The van der Waals surface area contributed by atoms with Gasteiger partial charge in [-0.25, -0.2) is 4.79 Å². The molecule has 1 amide bonds. The predicted molar refractivity (Wildman–Crippen MR) is 99.5 cm³/mol. The van der Waals surface area contributed by atoms with Crippen LogP contribution in [0.1, 0.15) is 45.7 Å². The van der Waals surface area contributed by atoms with Gasteiger partial charge in [-0.05, 0) is 71.7 Å². The molecule has 134 valence electrons. The lowest BCUT2D eigenvalue weighted by Gasteiger charge is -2.27. The standard InChI is InChI=1S/C18H30N4O2/c1-12-8-13(2)10-14(9-12)21-15(19)20-11-18(6,7)22-16(23)24-17(3,4)5/h8-10H,11H2,1-7H3,(H,22,23)(H3,19,20,21). The number of nitrogens with zero attached hydrogens (tertiary/aromatic N) is 1. The molecule has 1 aromatic rings. The first-order chi connectivity index (χ1) is 10.9. The zero-order chi connectivity index (χ0) is 18.5. The third kappa shape index (κ3) is 7.85. The Labute approximate surface area is 144 Å². The number of aliphatic imine (C=N–C) groups is 1. The number of ether oxygens (including phenoxy) is 1. The van der Waals surface area contributed by atoms with E-state index in [1.165, 1.54) is 0 Å². The molecule has 0 saturated heterocycles. The van der Waals surface area contributed by atoms with Crippen molar-refractivity contribution in [3.05, 3.63) is 29.3 Å². The van der Waals surface area contributed by atoms with E-state index in [1.807, 2.05) is 60.6 Å². The van der Waals surface area contributed by atoms with E-state index in [9.17, 15) is 4.79 Å². The highest BCUT2D eigenvalue weighted by molar-refractivity contribution is 5.92. The summed E-state index contributed by atoms with van der Waals surface area (Å²) in [5.41, 5.74) is 8.03. The van der Waals surface area contributed by atoms with Crippen molar-refractivity contribution in [2.45, 2.75) is 59.6 Å². The molecule has 0 atom stereocenters. The second kappa shape index (κ2) is 7.55. The van der Waals surface area contributed by atoms with Gasteiger partial charge in [-0.15, -0.1) is 0 Å². The summed E-state index contributed by atoms with van der Waals surface area (Å²) in [5, 5.41) is 5.87. The van der Waals surface area contributed by atoms with Gasteiger partial charge in [0.25, 0.3) is 0 Å². The molecule has 0 unspecified atom stereocenters. The zero-order valence-corrected chi connectivity index (χ0v) is 15.8. The summed E-state index contributed by atoms with van der Waals surface area (Å²) in [6.07, 6.45) is -0.469. The molecule has 0 aliphatic heterocycles. The van der Waals surface area contributed by atoms with Crippen LogP contribution in [0.15, 0.2) is 23.2 Å². The van der Waals surface area contributed by atoms with Crippen molar-refractivity contribution in [2.24, 2.45) is 10.7 Å². The summed E-state index contributed by atoms with van der Waals surface area (Å²) in [5.74, 6) is 0.305. The van der Waals surface area contributed by atoms with Crippen molar-refractivity contribution in [1.82, 2.24) is 5.32 Å². The Morgan fingerprint density at radius 2 is 1.67 bits per heavy atom. The number of hydrogen-bond acceptors (Lipinski definition) is 3. The number of benzene rings is 1. The van der Waals surface area contributed by atoms with Gasteiger partial charge in [0.15, 0.2) is 5.96 Å². The van der Waals surface area contributed by atoms with Crippen molar-refractivity contribution < 1.29 is 9.53 Å². The lowest BCUT2D eigenvalue weighted by molar-refractivity contribution is 0.0476. The molecule has 6 nitrogen and oxygen atoms in total. The van der Waals surface area contributed by atoms with Crippen LogP contribution in [0.25, 0.3) is 0 Å². The highest BCUT2D eigenvalue weighted by atomic mass is 16.6. The van der Waals surface area contributed by atoms with Crippen LogP contribution in [0, 0.1) is 13.8 Å². The first-order valence-corrected chi connectivity index (χ1v) is 8.03. The highest BCUT2D eigenvalue weighted by Crippen LogP contribution is 2.14. The van der Waals surface area contributed by atoms with E-state index in [1.54, 1.807) is 0 Å². The molecular weight excluding hydrogens is 304 g/mol. The summed E-state index contributed by atoms with van der Waals surface area (Å²) >= 11 is 0. The minimum Gasteiger partial charge on any atom is -0.444 e. The molecule has 0 spiro atoms. The normalized spacial score (nSPS) is 12.7. The van der Waals surface area contributed by atoms with Crippen LogP contribution >= 0.6 is 0 Å². The summed E-state index contributed by atoms with van der Waals surface area (Å²) in [6, 6.07) is 6.09. The third-order valence-electron chi connectivity index (χ3n) is 2.98. The fourth-order valence-corrected chi connectivity index (χ4v) is 2.14. The molecule has 0 bridgehead atoms. The Morgan fingerprint density at radius 3 is 2.17 bits per heavy atom. The van der Waals surface area contributed by atoms with Crippen molar-refractivity contribution >= 4 is 17.7 Å². The van der Waals surface area contributed by atoms with Crippen LogP contribution in [0.2, 0.25) is 0 Å². The second-order valence-electron chi connectivity index (χ2n) is 7.71. The van der Waals surface area contributed by atoms with E-state index in [0.29, 0.717) is 12.5 Å². The van der Waals surface area contributed by atoms with E-state index in [2.05, 4.69) is 21.7 Å². The van der Waals surface area contributed by atoms with Gasteiger partial charge in [0.1, 0.15) is 5.60 Å². The highest BCUT2D eigenvalue weighted by Gasteiger charge is 2.24. The first kappa shape index (κ1) is 19.8. The molecule has 0 aliphatic rings. The Balaban J connectivity index is 2.63. The molecule has 0 saturated carbocycles. The maximum absolute atomic E-state index is 11.9. The van der Waals surface area contributed by atoms with Gasteiger partial charge in [-0.1, -0.05) is 6.07 Å². The van der Waals surface area contributed by atoms with E-state index in [-0.39, 0.29) is 0 Å². The summed E-state index contributed by atoms with van der Waals surface area (Å²) in [6.45, 7) is 13.6. The Kier molecular flexibility index (Phi) is 6.23. The monoisotopic (exact) mass is 334 g/mol. The number of hydrogen-bond donors (Lipinski definition) is 3. The van der Waals surface area contributed by atoms with Gasteiger partial charge in [0, 0.05) is 5.69 Å². The van der Waals surface area contributed by atoms with Gasteiger partial charge in [0.2, 0.25) is 0 Å². The average molecular weight is 334 g/mol. The Bertz CT molecular complexity index is 596. The number of aryl methyl sites for hydroxylation is 2.